The van der Waals surface area contributed by atoms with Gasteiger partial charge in [-0.3, -0.25) is 0 Å². The van der Waals surface area contributed by atoms with Crippen LogP contribution >= 0.6 is 11.8 Å². The molecule has 0 amide bonds. The zero-order valence-corrected chi connectivity index (χ0v) is 15.3. The van der Waals surface area contributed by atoms with E-state index in [1.165, 1.54) is 11.1 Å². The van der Waals surface area contributed by atoms with Crippen LogP contribution < -0.4 is 10.6 Å². The number of guanidine groups is 1. The molecule has 1 fully saturated rings. The topological polar surface area (TPSA) is 45.7 Å². The maximum absolute atomic E-state index is 5.51. The molecule has 0 saturated carbocycles. The number of aryl methyl sites for hydroxylation is 1. The summed E-state index contributed by atoms with van der Waals surface area (Å²) >= 11 is 1.94. The molecule has 4 nitrogen and oxygen atoms in total. The van der Waals surface area contributed by atoms with Crippen LogP contribution in [0, 0.1) is 6.92 Å². The van der Waals surface area contributed by atoms with Gasteiger partial charge in [0.15, 0.2) is 5.96 Å². The van der Waals surface area contributed by atoms with Crippen LogP contribution in [0.4, 0.5) is 0 Å². The van der Waals surface area contributed by atoms with Gasteiger partial charge in [-0.1, -0.05) is 29.8 Å². The van der Waals surface area contributed by atoms with Gasteiger partial charge in [-0.15, -0.1) is 0 Å². The van der Waals surface area contributed by atoms with Crippen molar-refractivity contribution in [3.05, 3.63) is 35.4 Å². The largest absolute Gasteiger partial charge is 0.381 e. The first-order valence-corrected chi connectivity index (χ1v) is 9.60. The van der Waals surface area contributed by atoms with Crippen LogP contribution in [-0.4, -0.2) is 43.3 Å². The molecule has 1 aliphatic rings. The number of rotatable bonds is 6. The van der Waals surface area contributed by atoms with Gasteiger partial charge >= 0.3 is 0 Å². The Hall–Kier alpha value is -1.20. The lowest BCUT2D eigenvalue weighted by molar-refractivity contribution is 0.0783. The van der Waals surface area contributed by atoms with Gasteiger partial charge in [-0.05, 0) is 38.5 Å². The van der Waals surface area contributed by atoms with Crippen molar-refractivity contribution in [2.24, 2.45) is 4.99 Å². The van der Waals surface area contributed by atoms with E-state index in [1.807, 2.05) is 11.8 Å². The van der Waals surface area contributed by atoms with Gasteiger partial charge in [0.25, 0.3) is 0 Å². The van der Waals surface area contributed by atoms with Gasteiger partial charge in [-0.2, -0.15) is 11.8 Å². The van der Waals surface area contributed by atoms with Crippen LogP contribution in [0.25, 0.3) is 0 Å². The number of benzene rings is 1. The fourth-order valence-corrected chi connectivity index (χ4v) is 3.56. The van der Waals surface area contributed by atoms with E-state index in [4.69, 9.17) is 9.73 Å². The number of nitrogens with one attached hydrogen (secondary N) is 2. The smallest absolute Gasteiger partial charge is 0.191 e. The molecule has 1 aliphatic heterocycles. The van der Waals surface area contributed by atoms with Gasteiger partial charge in [0.1, 0.15) is 0 Å². The van der Waals surface area contributed by atoms with Gasteiger partial charge < -0.3 is 15.4 Å². The Kier molecular flexibility index (Phi) is 7.24. The molecule has 0 spiro atoms. The zero-order valence-electron chi connectivity index (χ0n) is 14.5. The highest BCUT2D eigenvalue weighted by atomic mass is 32.2. The lowest BCUT2D eigenvalue weighted by Gasteiger charge is -2.36. The minimum atomic E-state index is 0.262. The average Bonchev–Trinajstić information content (AvgIpc) is 2.58. The molecule has 1 saturated heterocycles. The molecule has 0 aromatic heterocycles. The first kappa shape index (κ1) is 18.1. The van der Waals surface area contributed by atoms with Crippen LogP contribution in [0.2, 0.25) is 0 Å². The summed E-state index contributed by atoms with van der Waals surface area (Å²) in [5.74, 6) is 0.897. The number of hydrogen-bond acceptors (Lipinski definition) is 3. The lowest BCUT2D eigenvalue weighted by atomic mass is 9.99. The van der Waals surface area contributed by atoms with E-state index >= 15 is 0 Å². The Labute approximate surface area is 144 Å². The van der Waals surface area contributed by atoms with Crippen molar-refractivity contribution in [3.8, 4) is 0 Å². The predicted molar refractivity (Wildman–Crippen MR) is 100 cm³/mol. The van der Waals surface area contributed by atoms with E-state index in [0.29, 0.717) is 6.54 Å². The second-order valence-electron chi connectivity index (χ2n) is 6.04. The molecule has 1 aromatic rings. The summed E-state index contributed by atoms with van der Waals surface area (Å²) < 4.78 is 5.77. The Morgan fingerprint density at radius 2 is 2.09 bits per heavy atom. The van der Waals surface area contributed by atoms with Crippen LogP contribution in [-0.2, 0) is 11.3 Å². The van der Waals surface area contributed by atoms with E-state index in [9.17, 15) is 0 Å². The fourth-order valence-electron chi connectivity index (χ4n) is 2.76. The Bertz CT molecular complexity index is 513. The van der Waals surface area contributed by atoms with E-state index < -0.39 is 0 Å². The van der Waals surface area contributed by atoms with Crippen LogP contribution in [0.1, 0.15) is 30.9 Å². The number of nitrogens with zero attached hydrogens (tertiary/aromatic N) is 1. The number of thioether (sulfide) groups is 1. The van der Waals surface area contributed by atoms with Crippen LogP contribution in [0.15, 0.2) is 29.3 Å². The van der Waals surface area contributed by atoms with Crippen molar-refractivity contribution in [2.75, 3.05) is 32.6 Å². The lowest BCUT2D eigenvalue weighted by Crippen LogP contribution is -2.47. The quantitative estimate of drug-likeness (QED) is 0.620. The van der Waals surface area contributed by atoms with Gasteiger partial charge in [0, 0.05) is 31.1 Å². The Morgan fingerprint density at radius 3 is 2.74 bits per heavy atom. The Balaban J connectivity index is 1.95. The Morgan fingerprint density at radius 1 is 1.30 bits per heavy atom. The van der Waals surface area contributed by atoms with Crippen molar-refractivity contribution >= 4 is 17.7 Å². The normalized spacial score (nSPS) is 17.8. The molecule has 23 heavy (non-hydrogen) atoms. The van der Waals surface area contributed by atoms with E-state index in [-0.39, 0.29) is 4.75 Å². The highest BCUT2D eigenvalue weighted by Crippen LogP contribution is 2.32. The van der Waals surface area contributed by atoms with Crippen molar-refractivity contribution in [1.82, 2.24) is 10.6 Å². The first-order valence-electron chi connectivity index (χ1n) is 8.38. The van der Waals surface area contributed by atoms with Crippen molar-refractivity contribution in [1.29, 1.82) is 0 Å². The molecule has 1 aromatic carbocycles. The third-order valence-electron chi connectivity index (χ3n) is 4.26. The average molecular weight is 336 g/mol. The van der Waals surface area contributed by atoms with Crippen LogP contribution in [0.5, 0.6) is 0 Å². The summed E-state index contributed by atoms with van der Waals surface area (Å²) in [4.78, 5) is 4.73. The van der Waals surface area contributed by atoms with E-state index in [0.717, 1.165) is 45.1 Å². The molecule has 0 atom stereocenters. The number of ether oxygens (including phenoxy) is 1. The maximum atomic E-state index is 5.51. The predicted octanol–water partition coefficient (Wildman–Crippen LogP) is 2.96. The van der Waals surface area contributed by atoms with Gasteiger partial charge in [0.05, 0.1) is 6.54 Å². The maximum Gasteiger partial charge on any atom is 0.191 e. The van der Waals surface area contributed by atoms with Crippen molar-refractivity contribution < 1.29 is 4.74 Å². The molecule has 0 aliphatic carbocycles. The molecule has 2 rings (SSSR count). The molecule has 1 heterocycles. The zero-order chi connectivity index (χ0) is 16.5. The SMILES string of the molecule is CCNC(=NCc1cccc(C)c1)NCC1(SC)CCOCC1. The highest BCUT2D eigenvalue weighted by molar-refractivity contribution is 8.00. The fraction of sp³-hybridized carbons (Fsp3) is 0.611. The third kappa shape index (κ3) is 5.74. The summed E-state index contributed by atoms with van der Waals surface area (Å²) in [5.41, 5.74) is 2.52. The van der Waals surface area contributed by atoms with Crippen molar-refractivity contribution in [2.45, 2.75) is 38.0 Å². The van der Waals surface area contributed by atoms with E-state index in [1.54, 1.807) is 0 Å². The van der Waals surface area contributed by atoms with Crippen molar-refractivity contribution in [3.63, 3.8) is 0 Å². The molecule has 0 unspecified atom stereocenters. The monoisotopic (exact) mass is 335 g/mol. The molecular weight excluding hydrogens is 306 g/mol. The minimum Gasteiger partial charge on any atom is -0.381 e. The van der Waals surface area contributed by atoms with Gasteiger partial charge in [-0.25, -0.2) is 4.99 Å². The molecule has 0 bridgehead atoms. The summed E-state index contributed by atoms with van der Waals surface area (Å²) in [7, 11) is 0. The van der Waals surface area contributed by atoms with Gasteiger partial charge in [0.2, 0.25) is 0 Å². The molecule has 5 heteroatoms. The molecule has 128 valence electrons. The standard InChI is InChI=1S/C18H29N3OS/c1-4-19-17(20-13-16-7-5-6-15(2)12-16)21-14-18(23-3)8-10-22-11-9-18/h5-7,12H,4,8-11,13-14H2,1-3H3,(H2,19,20,21). The molecule has 2 N–H and O–H groups in total. The third-order valence-corrected chi connectivity index (χ3v) is 5.68. The summed E-state index contributed by atoms with van der Waals surface area (Å²) in [6.45, 7) is 8.43. The molecule has 0 radical (unpaired) electrons. The number of aliphatic imine (C=N–C) groups is 1. The van der Waals surface area contributed by atoms with Crippen LogP contribution in [0.3, 0.4) is 0 Å². The second-order valence-corrected chi connectivity index (χ2v) is 7.31. The second kappa shape index (κ2) is 9.18. The van der Waals surface area contributed by atoms with E-state index in [2.05, 4.69) is 55.0 Å². The summed E-state index contributed by atoms with van der Waals surface area (Å²) in [6, 6.07) is 8.52. The first-order chi connectivity index (χ1) is 11.2. The number of hydrogen-bond donors (Lipinski definition) is 2. The summed E-state index contributed by atoms with van der Waals surface area (Å²) in [5, 5.41) is 6.88. The molecular formula is C18H29N3OS. The summed E-state index contributed by atoms with van der Waals surface area (Å²) in [6.07, 6.45) is 4.39. The minimum absolute atomic E-state index is 0.262. The highest BCUT2D eigenvalue weighted by Gasteiger charge is 2.31.